The summed E-state index contributed by atoms with van der Waals surface area (Å²) in [5, 5.41) is 8.61. The SMILES string of the molecule is CC(C#N)CN(C)S(=O)(=O)N(C)C(C)C. The van der Waals surface area contributed by atoms with Crippen LogP contribution < -0.4 is 0 Å². The monoisotopic (exact) mass is 233 g/mol. The third-order valence-electron chi connectivity index (χ3n) is 2.24. The fourth-order valence-electron chi connectivity index (χ4n) is 1.01. The van der Waals surface area contributed by atoms with E-state index in [9.17, 15) is 8.42 Å². The summed E-state index contributed by atoms with van der Waals surface area (Å²) < 4.78 is 26.2. The molecule has 0 N–H and O–H groups in total. The highest BCUT2D eigenvalue weighted by molar-refractivity contribution is 7.86. The maximum absolute atomic E-state index is 11.9. The zero-order chi connectivity index (χ0) is 12.2. The van der Waals surface area contributed by atoms with Crippen molar-refractivity contribution >= 4 is 10.2 Å². The molecular formula is C9H19N3O2S. The minimum absolute atomic E-state index is 0.0881. The molecule has 88 valence electrons. The number of hydrogen-bond acceptors (Lipinski definition) is 3. The second kappa shape index (κ2) is 5.45. The minimum Gasteiger partial charge on any atom is -0.198 e. The van der Waals surface area contributed by atoms with Crippen molar-refractivity contribution in [2.75, 3.05) is 20.6 Å². The molecule has 0 aromatic rings. The molecule has 0 aromatic heterocycles. The Morgan fingerprint density at radius 2 is 1.73 bits per heavy atom. The van der Waals surface area contributed by atoms with Crippen LogP contribution in [0.4, 0.5) is 0 Å². The summed E-state index contributed by atoms with van der Waals surface area (Å²) >= 11 is 0. The van der Waals surface area contributed by atoms with Crippen LogP contribution in [0, 0.1) is 17.2 Å². The summed E-state index contributed by atoms with van der Waals surface area (Å²) in [4.78, 5) is 0. The summed E-state index contributed by atoms with van der Waals surface area (Å²) in [5.41, 5.74) is 0. The van der Waals surface area contributed by atoms with E-state index in [0.29, 0.717) is 0 Å². The molecule has 15 heavy (non-hydrogen) atoms. The zero-order valence-electron chi connectivity index (χ0n) is 9.93. The van der Waals surface area contributed by atoms with E-state index in [-0.39, 0.29) is 18.5 Å². The Morgan fingerprint density at radius 3 is 2.07 bits per heavy atom. The molecule has 0 aromatic carbocycles. The van der Waals surface area contributed by atoms with Crippen LogP contribution in [0.2, 0.25) is 0 Å². The van der Waals surface area contributed by atoms with Crippen LogP contribution in [0.25, 0.3) is 0 Å². The predicted octanol–water partition coefficient (Wildman–Crippen LogP) is 0.663. The molecule has 0 aliphatic heterocycles. The highest BCUT2D eigenvalue weighted by atomic mass is 32.2. The van der Waals surface area contributed by atoms with Gasteiger partial charge in [0.15, 0.2) is 0 Å². The van der Waals surface area contributed by atoms with Crippen molar-refractivity contribution in [1.29, 1.82) is 5.26 Å². The Labute approximate surface area is 92.5 Å². The van der Waals surface area contributed by atoms with Crippen LogP contribution in [-0.4, -0.2) is 43.7 Å². The number of hydrogen-bond donors (Lipinski definition) is 0. The molecule has 1 atom stereocenters. The maximum Gasteiger partial charge on any atom is 0.281 e. The number of nitriles is 1. The maximum atomic E-state index is 11.9. The Balaban J connectivity index is 4.69. The smallest absolute Gasteiger partial charge is 0.198 e. The van der Waals surface area contributed by atoms with E-state index >= 15 is 0 Å². The lowest BCUT2D eigenvalue weighted by molar-refractivity contribution is 0.348. The normalized spacial score (nSPS) is 14.6. The first-order valence-corrected chi connectivity index (χ1v) is 6.22. The molecule has 0 fully saturated rings. The molecule has 0 bridgehead atoms. The van der Waals surface area contributed by atoms with Gasteiger partial charge < -0.3 is 0 Å². The molecule has 0 amide bonds. The van der Waals surface area contributed by atoms with Gasteiger partial charge in [0, 0.05) is 26.7 Å². The van der Waals surface area contributed by atoms with Gasteiger partial charge in [0.25, 0.3) is 10.2 Å². The largest absolute Gasteiger partial charge is 0.281 e. The molecule has 0 radical (unpaired) electrons. The van der Waals surface area contributed by atoms with Crippen molar-refractivity contribution in [2.45, 2.75) is 26.8 Å². The quantitative estimate of drug-likeness (QED) is 0.701. The van der Waals surface area contributed by atoms with Crippen LogP contribution in [0.15, 0.2) is 0 Å². The summed E-state index contributed by atoms with van der Waals surface area (Å²) in [7, 11) is -0.404. The van der Waals surface area contributed by atoms with Crippen molar-refractivity contribution in [2.24, 2.45) is 5.92 Å². The molecule has 0 rings (SSSR count). The van der Waals surface area contributed by atoms with E-state index in [1.807, 2.05) is 6.07 Å². The molecule has 0 aliphatic carbocycles. The molecule has 0 saturated heterocycles. The van der Waals surface area contributed by atoms with E-state index < -0.39 is 10.2 Å². The fourth-order valence-corrected chi connectivity index (χ4v) is 2.39. The van der Waals surface area contributed by atoms with Crippen LogP contribution in [-0.2, 0) is 10.2 Å². The van der Waals surface area contributed by atoms with Crippen molar-refractivity contribution in [3.63, 3.8) is 0 Å². The van der Waals surface area contributed by atoms with Crippen molar-refractivity contribution < 1.29 is 8.42 Å². The van der Waals surface area contributed by atoms with E-state index in [1.165, 1.54) is 22.7 Å². The van der Waals surface area contributed by atoms with Crippen LogP contribution in [0.5, 0.6) is 0 Å². The lowest BCUT2D eigenvalue weighted by Gasteiger charge is -2.27. The van der Waals surface area contributed by atoms with Crippen LogP contribution in [0.1, 0.15) is 20.8 Å². The standard InChI is InChI=1S/C9H19N3O2S/c1-8(2)12(5)15(13,14)11(4)7-9(3)6-10/h8-9H,7H2,1-5H3. The van der Waals surface area contributed by atoms with Crippen molar-refractivity contribution in [3.05, 3.63) is 0 Å². The Hall–Kier alpha value is -0.640. The van der Waals surface area contributed by atoms with Crippen LogP contribution >= 0.6 is 0 Å². The molecule has 0 saturated carbocycles. The Morgan fingerprint density at radius 1 is 1.27 bits per heavy atom. The Bertz CT molecular complexity index is 332. The Kier molecular flexibility index (Phi) is 5.21. The summed E-state index contributed by atoms with van der Waals surface area (Å²) in [6, 6.07) is 1.92. The van der Waals surface area contributed by atoms with Gasteiger partial charge in [-0.3, -0.25) is 0 Å². The minimum atomic E-state index is -3.43. The van der Waals surface area contributed by atoms with Gasteiger partial charge in [-0.05, 0) is 20.8 Å². The van der Waals surface area contributed by atoms with Gasteiger partial charge in [0.1, 0.15) is 0 Å². The lowest BCUT2D eigenvalue weighted by atomic mass is 10.2. The van der Waals surface area contributed by atoms with E-state index in [4.69, 9.17) is 5.26 Å². The summed E-state index contributed by atoms with van der Waals surface area (Å²) in [6.07, 6.45) is 0. The highest BCUT2D eigenvalue weighted by Crippen LogP contribution is 2.09. The van der Waals surface area contributed by atoms with E-state index in [2.05, 4.69) is 0 Å². The van der Waals surface area contributed by atoms with Gasteiger partial charge in [0.2, 0.25) is 0 Å². The second-order valence-electron chi connectivity index (χ2n) is 3.93. The van der Waals surface area contributed by atoms with Crippen molar-refractivity contribution in [1.82, 2.24) is 8.61 Å². The highest BCUT2D eigenvalue weighted by Gasteiger charge is 2.26. The average Bonchev–Trinajstić information content (AvgIpc) is 2.15. The van der Waals surface area contributed by atoms with Crippen LogP contribution in [0.3, 0.4) is 0 Å². The first-order chi connectivity index (χ1) is 6.73. The molecule has 0 aliphatic rings. The molecular weight excluding hydrogens is 214 g/mol. The predicted molar refractivity (Wildman–Crippen MR) is 59.2 cm³/mol. The third-order valence-corrected chi connectivity index (χ3v) is 4.32. The van der Waals surface area contributed by atoms with Gasteiger partial charge in [-0.25, -0.2) is 0 Å². The molecule has 0 heterocycles. The second-order valence-corrected chi connectivity index (χ2v) is 6.02. The van der Waals surface area contributed by atoms with Gasteiger partial charge in [-0.2, -0.15) is 22.3 Å². The first kappa shape index (κ1) is 14.4. The number of nitrogens with zero attached hydrogens (tertiary/aromatic N) is 3. The lowest BCUT2D eigenvalue weighted by Crippen LogP contribution is -2.44. The average molecular weight is 233 g/mol. The van der Waals surface area contributed by atoms with Gasteiger partial charge in [0.05, 0.1) is 12.0 Å². The fraction of sp³-hybridized carbons (Fsp3) is 0.889. The van der Waals surface area contributed by atoms with E-state index in [0.717, 1.165) is 0 Å². The van der Waals surface area contributed by atoms with Gasteiger partial charge >= 0.3 is 0 Å². The first-order valence-electron chi connectivity index (χ1n) is 4.82. The van der Waals surface area contributed by atoms with E-state index in [1.54, 1.807) is 20.8 Å². The summed E-state index contributed by atoms with van der Waals surface area (Å²) in [5.74, 6) is -0.301. The van der Waals surface area contributed by atoms with Gasteiger partial charge in [-0.1, -0.05) is 0 Å². The van der Waals surface area contributed by atoms with Gasteiger partial charge in [-0.15, -0.1) is 0 Å². The molecule has 0 spiro atoms. The topological polar surface area (TPSA) is 64.4 Å². The third kappa shape index (κ3) is 3.78. The molecule has 6 heteroatoms. The molecule has 5 nitrogen and oxygen atoms in total. The number of rotatable bonds is 5. The zero-order valence-corrected chi connectivity index (χ0v) is 10.7. The van der Waals surface area contributed by atoms with Crippen molar-refractivity contribution in [3.8, 4) is 6.07 Å². The summed E-state index contributed by atoms with van der Waals surface area (Å²) in [6.45, 7) is 5.52. The molecule has 1 unspecified atom stereocenters.